The molecule has 0 radical (unpaired) electrons. The summed E-state index contributed by atoms with van der Waals surface area (Å²) < 4.78 is 16.8. The molecule has 3 N–H and O–H groups in total. The van der Waals surface area contributed by atoms with Gasteiger partial charge in [0, 0.05) is 23.2 Å². The minimum Gasteiger partial charge on any atom is -0.479 e. The van der Waals surface area contributed by atoms with Gasteiger partial charge in [-0.3, -0.25) is 4.79 Å². The molecule has 5 nitrogen and oxygen atoms in total. The third-order valence-electron chi connectivity index (χ3n) is 8.95. The average molecular weight is 380 g/mol. The fraction of sp³-hybridized carbons (Fsp3) is 0.810. The van der Waals surface area contributed by atoms with Gasteiger partial charge in [0.15, 0.2) is 11.4 Å². The lowest BCUT2D eigenvalue weighted by molar-refractivity contribution is -0.233. The fourth-order valence-corrected chi connectivity index (χ4v) is 7.36. The largest absolute Gasteiger partial charge is 0.479 e. The molecular formula is C21H29FO5. The predicted octanol–water partition coefficient (Wildman–Crippen LogP) is 2.64. The average Bonchev–Trinajstić information content (AvgIpc) is 2.79. The summed E-state index contributed by atoms with van der Waals surface area (Å²) in [4.78, 5) is 23.9. The zero-order valence-electron chi connectivity index (χ0n) is 16.2. The smallest absolute Gasteiger partial charge is 0.336 e. The van der Waals surface area contributed by atoms with Gasteiger partial charge in [-0.2, -0.15) is 0 Å². The van der Waals surface area contributed by atoms with Crippen LogP contribution < -0.4 is 0 Å². The lowest BCUT2D eigenvalue weighted by Gasteiger charge is -2.63. The van der Waals surface area contributed by atoms with Gasteiger partial charge in [0.05, 0.1) is 6.10 Å². The molecule has 8 atom stereocenters. The number of hydrogen-bond donors (Lipinski definition) is 3. The van der Waals surface area contributed by atoms with E-state index in [4.69, 9.17) is 0 Å². The van der Waals surface area contributed by atoms with Crippen LogP contribution in [-0.4, -0.2) is 44.4 Å². The summed E-state index contributed by atoms with van der Waals surface area (Å²) in [5, 5.41) is 32.0. The van der Waals surface area contributed by atoms with E-state index in [1.807, 2.05) is 6.92 Å². The molecule has 0 aliphatic heterocycles. The lowest BCUT2D eigenvalue weighted by atomic mass is 9.44. The van der Waals surface area contributed by atoms with E-state index in [2.05, 4.69) is 0 Å². The first kappa shape index (κ1) is 19.1. The highest BCUT2D eigenvalue weighted by Gasteiger charge is 2.76. The minimum atomic E-state index is -1.97. The van der Waals surface area contributed by atoms with Crippen LogP contribution in [0.1, 0.15) is 59.3 Å². The molecule has 0 aromatic heterocycles. The molecule has 0 saturated heterocycles. The number of halogens is 1. The molecule has 3 fully saturated rings. The van der Waals surface area contributed by atoms with Crippen molar-refractivity contribution >= 4 is 11.8 Å². The van der Waals surface area contributed by atoms with Crippen molar-refractivity contribution in [2.75, 3.05) is 0 Å². The number of carbonyl (C=O) groups is 2. The summed E-state index contributed by atoms with van der Waals surface area (Å²) in [7, 11) is 0. The van der Waals surface area contributed by atoms with Gasteiger partial charge in [-0.1, -0.05) is 26.3 Å². The summed E-state index contributed by atoms with van der Waals surface area (Å²) in [6.45, 7) is 5.22. The number of carboxylic acid groups (broad SMARTS) is 1. The summed E-state index contributed by atoms with van der Waals surface area (Å²) >= 11 is 0. The molecule has 4 aliphatic rings. The van der Waals surface area contributed by atoms with Gasteiger partial charge in [-0.15, -0.1) is 0 Å². The van der Waals surface area contributed by atoms with Gasteiger partial charge >= 0.3 is 5.97 Å². The zero-order chi connectivity index (χ0) is 20.0. The second-order valence-electron chi connectivity index (χ2n) is 9.83. The maximum absolute atomic E-state index is 16.8. The Hall–Kier alpha value is -1.27. The Labute approximate surface area is 158 Å². The van der Waals surface area contributed by atoms with Gasteiger partial charge in [0.2, 0.25) is 0 Å². The van der Waals surface area contributed by atoms with Crippen LogP contribution >= 0.6 is 0 Å². The molecule has 0 heterocycles. The van der Waals surface area contributed by atoms with Crippen LogP contribution in [0, 0.1) is 28.6 Å². The Morgan fingerprint density at radius 2 is 1.93 bits per heavy atom. The van der Waals surface area contributed by atoms with E-state index < -0.39 is 46.0 Å². The highest BCUT2D eigenvalue weighted by Crippen LogP contribution is 2.71. The highest BCUT2D eigenvalue weighted by molar-refractivity contribution is 5.91. The first-order chi connectivity index (χ1) is 12.4. The molecule has 3 saturated carbocycles. The Kier molecular flexibility index (Phi) is 3.82. The van der Waals surface area contributed by atoms with Crippen molar-refractivity contribution in [2.45, 2.75) is 76.7 Å². The van der Waals surface area contributed by atoms with Gasteiger partial charge < -0.3 is 15.3 Å². The van der Waals surface area contributed by atoms with Crippen molar-refractivity contribution in [3.63, 3.8) is 0 Å². The Morgan fingerprint density at radius 3 is 2.56 bits per heavy atom. The molecule has 0 spiro atoms. The third-order valence-corrected chi connectivity index (χ3v) is 8.95. The van der Waals surface area contributed by atoms with Crippen LogP contribution in [0.4, 0.5) is 4.39 Å². The molecule has 0 amide bonds. The number of carbonyl (C=O) groups excluding carboxylic acids is 1. The molecule has 0 unspecified atom stereocenters. The summed E-state index contributed by atoms with van der Waals surface area (Å²) in [5.74, 6) is -2.65. The molecule has 0 aromatic rings. The Morgan fingerprint density at radius 1 is 1.26 bits per heavy atom. The molecule has 4 rings (SSSR count). The Balaban J connectivity index is 1.84. The van der Waals surface area contributed by atoms with Crippen LogP contribution in [0.25, 0.3) is 0 Å². The molecule has 150 valence electrons. The number of carboxylic acids is 1. The number of fused-ring (bicyclic) bond motifs is 5. The van der Waals surface area contributed by atoms with Crippen molar-refractivity contribution in [2.24, 2.45) is 28.6 Å². The standard InChI is InChI=1S/C21H29FO5/c1-11-8-15-14-5-4-12-9-13(23)6-7-18(12,2)20(14,22)16(24)10-19(15,3)21(11,27)17(25)26/h9,11,14-16,24,27H,4-8,10H2,1-3H3,(H,25,26)/t11-,14+,15+,16+,18+,19+,20+,21+/m1/s1. The number of aliphatic hydroxyl groups is 2. The predicted molar refractivity (Wildman–Crippen MR) is 95.6 cm³/mol. The molecular weight excluding hydrogens is 351 g/mol. The Bertz CT molecular complexity index is 749. The quantitative estimate of drug-likeness (QED) is 0.650. The fourth-order valence-electron chi connectivity index (χ4n) is 7.36. The molecule has 4 aliphatic carbocycles. The SMILES string of the molecule is C[C@@H]1C[C@H]2[C@@H]3CCC4=CC(=O)CC[C@]4(C)[C@@]3(F)[C@@H](O)C[C@]2(C)[C@@]1(O)C(=O)O. The van der Waals surface area contributed by atoms with Crippen molar-refractivity contribution in [1.29, 1.82) is 0 Å². The van der Waals surface area contributed by atoms with Crippen LogP contribution in [0.2, 0.25) is 0 Å². The second kappa shape index (κ2) is 5.41. The van der Waals surface area contributed by atoms with Gasteiger partial charge in [-0.05, 0) is 50.0 Å². The number of aliphatic hydroxyl groups excluding tert-OH is 1. The normalized spacial score (nSPS) is 54.6. The number of allylic oxidation sites excluding steroid dienone is 1. The number of rotatable bonds is 1. The second-order valence-corrected chi connectivity index (χ2v) is 9.83. The van der Waals surface area contributed by atoms with Crippen LogP contribution in [0.15, 0.2) is 11.6 Å². The summed E-state index contributed by atoms with van der Waals surface area (Å²) in [5.41, 5.74) is -5.11. The van der Waals surface area contributed by atoms with Crippen molar-refractivity contribution in [3.8, 4) is 0 Å². The van der Waals surface area contributed by atoms with Gasteiger partial charge in [0.1, 0.15) is 5.67 Å². The third kappa shape index (κ3) is 1.96. The van der Waals surface area contributed by atoms with Crippen molar-refractivity contribution in [3.05, 3.63) is 11.6 Å². The van der Waals surface area contributed by atoms with E-state index in [9.17, 15) is 24.9 Å². The molecule has 6 heteroatoms. The summed E-state index contributed by atoms with van der Waals surface area (Å²) in [6, 6.07) is 0. The van der Waals surface area contributed by atoms with Crippen LogP contribution in [-0.2, 0) is 9.59 Å². The number of alkyl halides is 1. The van der Waals surface area contributed by atoms with E-state index in [0.717, 1.165) is 5.57 Å². The van der Waals surface area contributed by atoms with E-state index in [1.165, 1.54) is 0 Å². The van der Waals surface area contributed by atoms with E-state index in [1.54, 1.807) is 19.9 Å². The lowest BCUT2D eigenvalue weighted by Crippen LogP contribution is -2.69. The maximum atomic E-state index is 16.8. The zero-order valence-corrected chi connectivity index (χ0v) is 16.2. The van der Waals surface area contributed by atoms with Crippen LogP contribution in [0.3, 0.4) is 0 Å². The first-order valence-electron chi connectivity index (χ1n) is 9.99. The van der Waals surface area contributed by atoms with E-state index in [-0.39, 0.29) is 24.5 Å². The number of ketones is 1. The summed E-state index contributed by atoms with van der Waals surface area (Å²) in [6.07, 6.45) is 2.20. The molecule has 0 aromatic carbocycles. The van der Waals surface area contributed by atoms with Crippen LogP contribution in [0.5, 0.6) is 0 Å². The van der Waals surface area contributed by atoms with E-state index >= 15 is 4.39 Å². The monoisotopic (exact) mass is 380 g/mol. The number of hydrogen-bond acceptors (Lipinski definition) is 4. The highest BCUT2D eigenvalue weighted by atomic mass is 19.1. The van der Waals surface area contributed by atoms with Gasteiger partial charge in [-0.25, -0.2) is 9.18 Å². The number of aliphatic carboxylic acids is 1. The van der Waals surface area contributed by atoms with Crippen molar-refractivity contribution in [1.82, 2.24) is 0 Å². The molecule has 27 heavy (non-hydrogen) atoms. The van der Waals surface area contributed by atoms with Crippen molar-refractivity contribution < 1.29 is 29.3 Å². The molecule has 0 bridgehead atoms. The maximum Gasteiger partial charge on any atom is 0.336 e. The first-order valence-corrected chi connectivity index (χ1v) is 9.99. The van der Waals surface area contributed by atoms with Gasteiger partial charge in [0.25, 0.3) is 0 Å². The topological polar surface area (TPSA) is 94.8 Å². The van der Waals surface area contributed by atoms with E-state index in [0.29, 0.717) is 25.7 Å². The minimum absolute atomic E-state index is 0.00871.